The van der Waals surface area contributed by atoms with Crippen molar-refractivity contribution in [3.8, 4) is 5.75 Å². The highest BCUT2D eigenvalue weighted by molar-refractivity contribution is 6.30. The minimum absolute atomic E-state index is 0.350. The molecule has 0 fully saturated rings. The Labute approximate surface area is 148 Å². The zero-order valence-electron chi connectivity index (χ0n) is 14.4. The molecule has 2 aromatic carbocycles. The van der Waals surface area contributed by atoms with Crippen LogP contribution < -0.4 is 4.74 Å². The highest BCUT2D eigenvalue weighted by atomic mass is 35.5. The molecule has 3 nitrogen and oxygen atoms in total. The molecule has 0 spiro atoms. The average Bonchev–Trinajstić information content (AvgIpc) is 2.55. The number of hydrogen-bond acceptors (Lipinski definition) is 2. The van der Waals surface area contributed by atoms with Gasteiger partial charge in [0, 0.05) is 10.9 Å². The lowest BCUT2D eigenvalue weighted by molar-refractivity contribution is -0.155. The minimum Gasteiger partial charge on any atom is -0.478 e. The molecule has 0 saturated carbocycles. The van der Waals surface area contributed by atoms with E-state index in [1.165, 1.54) is 5.56 Å². The lowest BCUT2D eigenvalue weighted by Gasteiger charge is -2.32. The second-order valence-electron chi connectivity index (χ2n) is 6.51. The molecule has 2 atom stereocenters. The quantitative estimate of drug-likeness (QED) is 0.752. The second kappa shape index (κ2) is 7.27. The minimum atomic E-state index is -1.38. The number of aliphatic carboxylic acids is 1. The summed E-state index contributed by atoms with van der Waals surface area (Å²) in [5.41, 5.74) is 0.668. The van der Waals surface area contributed by atoms with Gasteiger partial charge in [-0.05, 0) is 48.2 Å². The highest BCUT2D eigenvalue weighted by Crippen LogP contribution is 2.34. The highest BCUT2D eigenvalue weighted by Gasteiger charge is 2.42. The summed E-state index contributed by atoms with van der Waals surface area (Å²) in [5, 5.41) is 10.4. The van der Waals surface area contributed by atoms with Crippen LogP contribution in [0, 0.1) is 0 Å². The van der Waals surface area contributed by atoms with Crippen LogP contribution in [0.5, 0.6) is 5.75 Å². The third-order valence-corrected chi connectivity index (χ3v) is 4.75. The first-order valence-electron chi connectivity index (χ1n) is 8.02. The number of carbonyl (C=O) groups is 1. The van der Waals surface area contributed by atoms with Gasteiger partial charge >= 0.3 is 5.97 Å². The maximum atomic E-state index is 11.9. The zero-order valence-corrected chi connectivity index (χ0v) is 15.2. The van der Waals surface area contributed by atoms with Crippen LogP contribution in [0.3, 0.4) is 0 Å². The van der Waals surface area contributed by atoms with E-state index in [0.717, 1.165) is 5.56 Å². The van der Waals surface area contributed by atoms with Crippen LogP contribution in [0.25, 0.3) is 0 Å². The summed E-state index contributed by atoms with van der Waals surface area (Å²) in [6.07, 6.45) is 0. The average molecular weight is 347 g/mol. The number of carboxylic acid groups (broad SMARTS) is 1. The first-order chi connectivity index (χ1) is 11.2. The predicted octanol–water partition coefficient (Wildman–Crippen LogP) is 5.49. The van der Waals surface area contributed by atoms with E-state index < -0.39 is 11.6 Å². The Hall–Kier alpha value is -2.00. The lowest BCUT2D eigenvalue weighted by Crippen LogP contribution is -2.46. The maximum Gasteiger partial charge on any atom is 0.348 e. The number of ether oxygens (including phenoxy) is 1. The number of benzene rings is 2. The van der Waals surface area contributed by atoms with Crippen LogP contribution in [0.2, 0.25) is 5.02 Å². The molecule has 0 amide bonds. The summed E-state index contributed by atoms with van der Waals surface area (Å²) >= 11 is 5.92. The van der Waals surface area contributed by atoms with Crippen molar-refractivity contribution >= 4 is 17.6 Å². The molecule has 2 rings (SSSR count). The molecule has 0 aromatic heterocycles. The Balaban J connectivity index is 2.29. The van der Waals surface area contributed by atoms with Crippen LogP contribution in [0.4, 0.5) is 0 Å². The van der Waals surface area contributed by atoms with E-state index in [2.05, 4.69) is 13.8 Å². The van der Waals surface area contributed by atoms with Crippen molar-refractivity contribution in [2.45, 2.75) is 45.1 Å². The normalized spacial score (nSPS) is 14.9. The molecule has 2 aromatic rings. The largest absolute Gasteiger partial charge is 0.478 e. The first-order valence-corrected chi connectivity index (χ1v) is 8.39. The van der Waals surface area contributed by atoms with Crippen molar-refractivity contribution in [3.05, 3.63) is 64.7 Å². The third-order valence-electron chi connectivity index (χ3n) is 4.50. The Morgan fingerprint density at radius 3 is 1.96 bits per heavy atom. The molecule has 24 heavy (non-hydrogen) atoms. The molecule has 0 heterocycles. The Kier molecular flexibility index (Phi) is 5.55. The van der Waals surface area contributed by atoms with E-state index in [-0.39, 0.29) is 5.92 Å². The summed E-state index contributed by atoms with van der Waals surface area (Å²) in [6, 6.07) is 14.8. The van der Waals surface area contributed by atoms with Crippen molar-refractivity contribution in [2.75, 3.05) is 0 Å². The monoisotopic (exact) mass is 346 g/mol. The molecule has 0 bridgehead atoms. The van der Waals surface area contributed by atoms with E-state index >= 15 is 0 Å². The molecular formula is C20H23ClO3. The fourth-order valence-corrected chi connectivity index (χ4v) is 2.68. The van der Waals surface area contributed by atoms with Gasteiger partial charge in [0.05, 0.1) is 0 Å². The molecule has 0 saturated heterocycles. The van der Waals surface area contributed by atoms with Crippen molar-refractivity contribution in [3.63, 3.8) is 0 Å². The second-order valence-corrected chi connectivity index (χ2v) is 6.95. The molecule has 0 unspecified atom stereocenters. The third kappa shape index (κ3) is 3.90. The van der Waals surface area contributed by atoms with Crippen molar-refractivity contribution in [1.82, 2.24) is 0 Å². The summed E-state index contributed by atoms with van der Waals surface area (Å²) in [4.78, 5) is 11.9. The van der Waals surface area contributed by atoms with E-state index in [4.69, 9.17) is 16.3 Å². The summed E-state index contributed by atoms with van der Waals surface area (Å²) in [6.45, 7) is 7.67. The first kappa shape index (κ1) is 18.3. The number of rotatable bonds is 6. The smallest absolute Gasteiger partial charge is 0.348 e. The summed E-state index contributed by atoms with van der Waals surface area (Å²) in [7, 11) is 0. The molecule has 0 aliphatic carbocycles. The van der Waals surface area contributed by atoms with Gasteiger partial charge in [0.2, 0.25) is 5.60 Å². The molecule has 0 aliphatic rings. The molecule has 128 valence electrons. The van der Waals surface area contributed by atoms with Gasteiger partial charge in [0.15, 0.2) is 0 Å². The fraction of sp³-hybridized carbons (Fsp3) is 0.350. The van der Waals surface area contributed by atoms with E-state index in [0.29, 0.717) is 16.7 Å². The Bertz CT molecular complexity index is 692. The van der Waals surface area contributed by atoms with E-state index in [1.807, 2.05) is 43.3 Å². The summed E-state index contributed by atoms with van der Waals surface area (Å²) in [5.74, 6) is -0.391. The van der Waals surface area contributed by atoms with Crippen molar-refractivity contribution < 1.29 is 14.6 Å². The molecular weight excluding hydrogens is 324 g/mol. The van der Waals surface area contributed by atoms with Gasteiger partial charge in [-0.1, -0.05) is 56.6 Å². The van der Waals surface area contributed by atoms with Crippen molar-refractivity contribution in [1.29, 1.82) is 0 Å². The molecule has 4 heteroatoms. The van der Waals surface area contributed by atoms with E-state index in [9.17, 15) is 9.90 Å². The van der Waals surface area contributed by atoms with Gasteiger partial charge in [-0.2, -0.15) is 0 Å². The van der Waals surface area contributed by atoms with Crippen LogP contribution in [0.15, 0.2) is 48.5 Å². The van der Waals surface area contributed by atoms with Gasteiger partial charge < -0.3 is 9.84 Å². The topological polar surface area (TPSA) is 46.5 Å². The van der Waals surface area contributed by atoms with Crippen LogP contribution in [-0.2, 0) is 4.79 Å². The standard InChI is InChI=1S/C20H23ClO3/c1-13(2)15-7-11-18(12-8-15)24-20(4,19(22)23)14(3)16-5-9-17(21)10-6-16/h5-14H,1-4H3,(H,22,23)/t14-,20-/m1/s1. The Morgan fingerprint density at radius 2 is 1.50 bits per heavy atom. The maximum absolute atomic E-state index is 11.9. The Morgan fingerprint density at radius 1 is 1.00 bits per heavy atom. The van der Waals surface area contributed by atoms with Crippen LogP contribution in [0.1, 0.15) is 50.7 Å². The number of halogens is 1. The van der Waals surface area contributed by atoms with Gasteiger partial charge in [-0.3, -0.25) is 0 Å². The SMILES string of the molecule is CC(C)c1ccc(O[C@@](C)(C(=O)O)[C@H](C)c2ccc(Cl)cc2)cc1. The summed E-state index contributed by atoms with van der Waals surface area (Å²) < 4.78 is 5.91. The molecule has 0 radical (unpaired) electrons. The predicted molar refractivity (Wildman–Crippen MR) is 97.1 cm³/mol. The van der Waals surface area contributed by atoms with Gasteiger partial charge in [-0.25, -0.2) is 4.79 Å². The van der Waals surface area contributed by atoms with Gasteiger partial charge in [0.25, 0.3) is 0 Å². The van der Waals surface area contributed by atoms with Crippen LogP contribution >= 0.6 is 11.6 Å². The number of carboxylic acids is 1. The van der Waals surface area contributed by atoms with Crippen molar-refractivity contribution in [2.24, 2.45) is 0 Å². The van der Waals surface area contributed by atoms with Gasteiger partial charge in [0.1, 0.15) is 5.75 Å². The van der Waals surface area contributed by atoms with E-state index in [1.54, 1.807) is 19.1 Å². The van der Waals surface area contributed by atoms with Crippen LogP contribution in [-0.4, -0.2) is 16.7 Å². The zero-order chi connectivity index (χ0) is 17.9. The molecule has 1 N–H and O–H groups in total. The lowest BCUT2D eigenvalue weighted by atomic mass is 9.84. The molecule has 0 aliphatic heterocycles. The fourth-order valence-electron chi connectivity index (χ4n) is 2.55. The van der Waals surface area contributed by atoms with Gasteiger partial charge in [-0.15, -0.1) is 0 Å². The number of hydrogen-bond donors (Lipinski definition) is 1.